The molecule has 1 heterocycles. The van der Waals surface area contributed by atoms with Gasteiger partial charge in [-0.3, -0.25) is 0 Å². The summed E-state index contributed by atoms with van der Waals surface area (Å²) in [7, 11) is 3.84. The van der Waals surface area contributed by atoms with Gasteiger partial charge < -0.3 is 20.1 Å². The third-order valence-corrected chi connectivity index (χ3v) is 3.97. The molecule has 4 heteroatoms. The summed E-state index contributed by atoms with van der Waals surface area (Å²) >= 11 is 0. The monoisotopic (exact) mass is 278 g/mol. The fourth-order valence-electron chi connectivity index (χ4n) is 2.88. The normalized spacial score (nSPS) is 22.4. The van der Waals surface area contributed by atoms with Crippen LogP contribution in [0.15, 0.2) is 18.2 Å². The molecule has 1 saturated heterocycles. The number of aliphatic hydroxyl groups is 1. The van der Waals surface area contributed by atoms with Crippen LogP contribution in [0.5, 0.6) is 5.75 Å². The Kier molecular flexibility index (Phi) is 5.40. The van der Waals surface area contributed by atoms with Gasteiger partial charge in [-0.05, 0) is 43.1 Å². The van der Waals surface area contributed by atoms with Crippen molar-refractivity contribution in [2.24, 2.45) is 0 Å². The number of rotatable bonds is 6. The molecule has 2 N–H and O–H groups in total. The number of methoxy groups -OCH3 is 1. The number of β-amino-alcohol motifs (C(OH)–C–C–N with tert-alkyl or cyclic N) is 1. The predicted octanol–water partition coefficient (Wildman–Crippen LogP) is 1.41. The van der Waals surface area contributed by atoms with Crippen LogP contribution in [0.2, 0.25) is 0 Å². The molecule has 0 unspecified atom stereocenters. The molecular formula is C16H26N2O2. The van der Waals surface area contributed by atoms with Crippen molar-refractivity contribution in [1.82, 2.24) is 10.2 Å². The molecule has 0 spiro atoms. The molecule has 112 valence electrons. The molecule has 1 aromatic carbocycles. The Hall–Kier alpha value is -1.10. The fourth-order valence-corrected chi connectivity index (χ4v) is 2.88. The van der Waals surface area contributed by atoms with E-state index in [4.69, 9.17) is 4.74 Å². The molecule has 0 saturated carbocycles. The molecule has 2 atom stereocenters. The van der Waals surface area contributed by atoms with Gasteiger partial charge in [0.25, 0.3) is 0 Å². The minimum atomic E-state index is -0.180. The van der Waals surface area contributed by atoms with Crippen LogP contribution in [0, 0.1) is 0 Å². The first-order valence-electron chi connectivity index (χ1n) is 7.38. The van der Waals surface area contributed by atoms with Gasteiger partial charge in [0.15, 0.2) is 0 Å². The van der Waals surface area contributed by atoms with Crippen molar-refractivity contribution >= 4 is 0 Å². The first-order valence-corrected chi connectivity index (χ1v) is 7.38. The third kappa shape index (κ3) is 3.95. The van der Waals surface area contributed by atoms with Crippen molar-refractivity contribution in [2.45, 2.75) is 38.5 Å². The summed E-state index contributed by atoms with van der Waals surface area (Å²) in [5, 5.41) is 12.9. The van der Waals surface area contributed by atoms with Gasteiger partial charge >= 0.3 is 0 Å². The van der Waals surface area contributed by atoms with E-state index >= 15 is 0 Å². The van der Waals surface area contributed by atoms with Crippen LogP contribution >= 0.6 is 0 Å². The molecule has 0 aromatic heterocycles. The third-order valence-electron chi connectivity index (χ3n) is 3.97. The van der Waals surface area contributed by atoms with Crippen molar-refractivity contribution in [3.8, 4) is 5.75 Å². The average Bonchev–Trinajstić information content (AvgIpc) is 2.84. The number of hydrogen-bond donors (Lipinski definition) is 2. The molecule has 0 bridgehead atoms. The maximum Gasteiger partial charge on any atom is 0.119 e. The quantitative estimate of drug-likeness (QED) is 0.826. The van der Waals surface area contributed by atoms with Crippen LogP contribution in [0.3, 0.4) is 0 Å². The lowest BCUT2D eigenvalue weighted by Gasteiger charge is -2.22. The van der Waals surface area contributed by atoms with Crippen molar-refractivity contribution in [3.63, 3.8) is 0 Å². The maximum absolute atomic E-state index is 9.55. The van der Waals surface area contributed by atoms with Gasteiger partial charge in [-0.25, -0.2) is 0 Å². The van der Waals surface area contributed by atoms with E-state index in [0.29, 0.717) is 6.04 Å². The van der Waals surface area contributed by atoms with Crippen molar-refractivity contribution < 1.29 is 9.84 Å². The first-order chi connectivity index (χ1) is 9.62. The summed E-state index contributed by atoms with van der Waals surface area (Å²) in [4.78, 5) is 2.32. The Labute approximate surface area is 121 Å². The second kappa shape index (κ2) is 7.07. The molecule has 1 fully saturated rings. The largest absolute Gasteiger partial charge is 0.497 e. The van der Waals surface area contributed by atoms with E-state index < -0.39 is 0 Å². The molecule has 0 radical (unpaired) electrons. The molecule has 0 aliphatic carbocycles. The molecule has 1 aliphatic rings. The second-order valence-electron chi connectivity index (χ2n) is 5.68. The van der Waals surface area contributed by atoms with Gasteiger partial charge in [-0.15, -0.1) is 0 Å². The molecular weight excluding hydrogens is 252 g/mol. The van der Waals surface area contributed by atoms with Crippen LogP contribution in [0.1, 0.15) is 24.5 Å². The number of aryl methyl sites for hydroxylation is 1. The van der Waals surface area contributed by atoms with E-state index in [1.165, 1.54) is 11.1 Å². The van der Waals surface area contributed by atoms with Gasteiger partial charge in [0.1, 0.15) is 5.75 Å². The number of hydrogen-bond acceptors (Lipinski definition) is 4. The van der Waals surface area contributed by atoms with E-state index in [0.717, 1.165) is 38.2 Å². The summed E-state index contributed by atoms with van der Waals surface area (Å²) in [5.41, 5.74) is 2.70. The van der Waals surface area contributed by atoms with Crippen molar-refractivity contribution in [1.29, 1.82) is 0 Å². The molecule has 20 heavy (non-hydrogen) atoms. The molecule has 1 aromatic rings. The van der Waals surface area contributed by atoms with Crippen LogP contribution in [0.4, 0.5) is 0 Å². The van der Waals surface area contributed by atoms with Crippen LogP contribution < -0.4 is 10.1 Å². The zero-order chi connectivity index (χ0) is 14.5. The maximum atomic E-state index is 9.55. The lowest BCUT2D eigenvalue weighted by Crippen LogP contribution is -2.35. The lowest BCUT2D eigenvalue weighted by molar-refractivity contribution is 0.189. The van der Waals surface area contributed by atoms with Crippen molar-refractivity contribution in [3.05, 3.63) is 29.3 Å². The SMILES string of the molecule is CCc1cc(OC)ccc1CN(C)C[C@@H]1C[C@@H](O)CN1. The topological polar surface area (TPSA) is 44.7 Å². The number of benzene rings is 1. The number of aliphatic hydroxyl groups excluding tert-OH is 1. The van der Waals surface area contributed by atoms with Crippen LogP contribution in [-0.2, 0) is 13.0 Å². The highest BCUT2D eigenvalue weighted by atomic mass is 16.5. The van der Waals surface area contributed by atoms with Gasteiger partial charge in [-0.2, -0.15) is 0 Å². The Morgan fingerprint density at radius 3 is 2.80 bits per heavy atom. The summed E-state index contributed by atoms with van der Waals surface area (Å²) < 4.78 is 5.28. The molecule has 4 nitrogen and oxygen atoms in total. The summed E-state index contributed by atoms with van der Waals surface area (Å²) in [6.07, 6.45) is 1.69. The zero-order valence-corrected chi connectivity index (χ0v) is 12.7. The second-order valence-corrected chi connectivity index (χ2v) is 5.68. The van der Waals surface area contributed by atoms with E-state index in [-0.39, 0.29) is 6.10 Å². The van der Waals surface area contributed by atoms with Gasteiger partial charge in [0.2, 0.25) is 0 Å². The highest BCUT2D eigenvalue weighted by molar-refractivity contribution is 5.35. The summed E-state index contributed by atoms with van der Waals surface area (Å²) in [5.74, 6) is 0.925. The Bertz CT molecular complexity index is 436. The number of ether oxygens (including phenoxy) is 1. The molecule has 0 amide bonds. The first kappa shape index (κ1) is 15.3. The highest BCUT2D eigenvalue weighted by Crippen LogP contribution is 2.20. The van der Waals surface area contributed by atoms with E-state index in [1.54, 1.807) is 7.11 Å². The Morgan fingerprint density at radius 2 is 2.20 bits per heavy atom. The van der Waals surface area contributed by atoms with Crippen LogP contribution in [0.25, 0.3) is 0 Å². The van der Waals surface area contributed by atoms with E-state index in [2.05, 4.69) is 36.3 Å². The Morgan fingerprint density at radius 1 is 1.40 bits per heavy atom. The van der Waals surface area contributed by atoms with Crippen LogP contribution in [-0.4, -0.2) is 49.4 Å². The summed E-state index contributed by atoms with van der Waals surface area (Å²) in [6.45, 7) is 4.79. The van der Waals surface area contributed by atoms with Gasteiger partial charge in [-0.1, -0.05) is 13.0 Å². The average molecular weight is 278 g/mol. The van der Waals surface area contributed by atoms with Gasteiger partial charge in [0, 0.05) is 25.7 Å². The summed E-state index contributed by atoms with van der Waals surface area (Å²) in [6, 6.07) is 6.71. The lowest BCUT2D eigenvalue weighted by atomic mass is 10.0. The highest BCUT2D eigenvalue weighted by Gasteiger charge is 2.23. The predicted molar refractivity (Wildman–Crippen MR) is 81.1 cm³/mol. The molecule has 1 aliphatic heterocycles. The number of likely N-dealkylation sites (N-methyl/N-ethyl adjacent to an activating group) is 1. The molecule has 2 rings (SSSR count). The smallest absolute Gasteiger partial charge is 0.119 e. The van der Waals surface area contributed by atoms with Crippen molar-refractivity contribution in [2.75, 3.05) is 27.2 Å². The van der Waals surface area contributed by atoms with E-state index in [1.807, 2.05) is 6.07 Å². The van der Waals surface area contributed by atoms with Gasteiger partial charge in [0.05, 0.1) is 13.2 Å². The fraction of sp³-hybridized carbons (Fsp3) is 0.625. The minimum absolute atomic E-state index is 0.180. The minimum Gasteiger partial charge on any atom is -0.497 e. The Balaban J connectivity index is 1.94. The standard InChI is InChI=1S/C16H26N2O2/c1-4-12-7-16(20-3)6-5-13(12)10-18(2)11-14-8-15(19)9-17-14/h5-7,14-15,17,19H,4,8-11H2,1-3H3/t14-,15+/m0/s1. The number of nitrogens with zero attached hydrogens (tertiary/aromatic N) is 1. The number of nitrogens with one attached hydrogen (secondary N) is 1. The zero-order valence-electron chi connectivity index (χ0n) is 12.7. The van der Waals surface area contributed by atoms with E-state index in [9.17, 15) is 5.11 Å².